The Morgan fingerprint density at radius 1 is 1.56 bits per heavy atom. The number of hydrogen-bond acceptors (Lipinski definition) is 3. The van der Waals surface area contributed by atoms with Gasteiger partial charge in [0.05, 0.1) is 6.61 Å². The van der Waals surface area contributed by atoms with Crippen molar-refractivity contribution in [2.24, 2.45) is 0 Å². The predicted octanol–water partition coefficient (Wildman–Crippen LogP) is 0.678. The number of fused-ring (bicyclic) bond motifs is 1. The molecule has 0 spiro atoms. The second-order valence-electron chi connectivity index (χ2n) is 5.29. The molecule has 4 heteroatoms. The third-order valence-electron chi connectivity index (χ3n) is 3.43. The van der Waals surface area contributed by atoms with Crippen LogP contribution in [0.4, 0.5) is 0 Å². The number of ether oxygens (including phenoxy) is 1. The van der Waals surface area contributed by atoms with E-state index in [0.29, 0.717) is 13.0 Å². The highest BCUT2D eigenvalue weighted by Crippen LogP contribution is 2.28. The van der Waals surface area contributed by atoms with Crippen LogP contribution in [0.15, 0.2) is 18.2 Å². The number of quaternary nitrogens is 1. The summed E-state index contributed by atoms with van der Waals surface area (Å²) in [5, 5.41) is 11.6. The smallest absolute Gasteiger partial charge is 0.365 e. The van der Waals surface area contributed by atoms with Crippen LogP contribution in [0.5, 0.6) is 5.75 Å². The van der Waals surface area contributed by atoms with Gasteiger partial charge in [0.25, 0.3) is 0 Å². The molecule has 3 N–H and O–H groups in total. The number of carbonyl (C=O) groups is 1. The number of phenols is 1. The van der Waals surface area contributed by atoms with Crippen LogP contribution in [0.25, 0.3) is 0 Å². The van der Waals surface area contributed by atoms with Crippen LogP contribution in [-0.4, -0.2) is 23.7 Å². The fourth-order valence-corrected chi connectivity index (χ4v) is 2.67. The van der Waals surface area contributed by atoms with Crippen molar-refractivity contribution in [3.8, 4) is 5.75 Å². The molecule has 1 heterocycles. The lowest BCUT2D eigenvalue weighted by atomic mass is 9.82. The molecule has 1 atom stereocenters. The molecule has 0 fully saturated rings. The van der Waals surface area contributed by atoms with Crippen molar-refractivity contribution in [3.05, 3.63) is 29.3 Å². The third kappa shape index (κ3) is 2.34. The molecule has 2 rings (SSSR count). The minimum Gasteiger partial charge on any atom is -0.508 e. The van der Waals surface area contributed by atoms with Gasteiger partial charge in [0.2, 0.25) is 0 Å². The van der Waals surface area contributed by atoms with Gasteiger partial charge in [0.15, 0.2) is 6.04 Å². The SMILES string of the molecule is CCOC(=O)C1Cc2cc(O)ccc2C(C)(C)[NH2+]1. The number of benzene rings is 1. The minimum atomic E-state index is -0.228. The van der Waals surface area contributed by atoms with E-state index in [1.54, 1.807) is 12.1 Å². The Kier molecular flexibility index (Phi) is 3.30. The molecule has 1 unspecified atom stereocenters. The molecular formula is C14H20NO3+. The van der Waals surface area contributed by atoms with Crippen LogP contribution in [-0.2, 0) is 21.5 Å². The highest BCUT2D eigenvalue weighted by Gasteiger charge is 2.40. The average molecular weight is 250 g/mol. The monoisotopic (exact) mass is 250 g/mol. The van der Waals surface area contributed by atoms with Crippen molar-refractivity contribution < 1.29 is 20.0 Å². The summed E-state index contributed by atoms with van der Waals surface area (Å²) in [6, 6.07) is 5.15. The Bertz CT molecular complexity index is 468. The van der Waals surface area contributed by atoms with Gasteiger partial charge in [-0.1, -0.05) is 0 Å². The van der Waals surface area contributed by atoms with Crippen LogP contribution in [0.1, 0.15) is 31.9 Å². The summed E-state index contributed by atoms with van der Waals surface area (Å²) >= 11 is 0. The van der Waals surface area contributed by atoms with Crippen molar-refractivity contribution in [2.45, 2.75) is 38.8 Å². The van der Waals surface area contributed by atoms with Crippen LogP contribution < -0.4 is 5.32 Å². The van der Waals surface area contributed by atoms with Crippen LogP contribution in [0.2, 0.25) is 0 Å². The van der Waals surface area contributed by atoms with E-state index in [2.05, 4.69) is 13.8 Å². The molecule has 98 valence electrons. The Labute approximate surface area is 107 Å². The highest BCUT2D eigenvalue weighted by atomic mass is 16.5. The standard InChI is InChI=1S/C14H19NO3/c1-4-18-13(17)12-8-9-7-10(16)5-6-11(9)14(2,3)15-12/h5-7,12,15-16H,4,8H2,1-3H3/p+1. The predicted molar refractivity (Wildman–Crippen MR) is 67.2 cm³/mol. The lowest BCUT2D eigenvalue weighted by molar-refractivity contribution is -0.753. The minimum absolute atomic E-state index is 0.181. The number of carbonyl (C=O) groups excluding carboxylic acids is 1. The normalized spacial score (nSPS) is 21.2. The van der Waals surface area contributed by atoms with E-state index in [4.69, 9.17) is 4.74 Å². The van der Waals surface area contributed by atoms with Crippen molar-refractivity contribution >= 4 is 5.97 Å². The molecule has 0 radical (unpaired) electrons. The van der Waals surface area contributed by atoms with E-state index in [1.807, 2.05) is 18.3 Å². The molecule has 0 saturated carbocycles. The van der Waals surface area contributed by atoms with Gasteiger partial charge in [-0.05, 0) is 44.5 Å². The van der Waals surface area contributed by atoms with Crippen molar-refractivity contribution in [3.63, 3.8) is 0 Å². The second-order valence-corrected chi connectivity index (χ2v) is 5.29. The average Bonchev–Trinajstić information content (AvgIpc) is 2.27. The molecule has 1 aliphatic heterocycles. The maximum Gasteiger partial charge on any atom is 0.365 e. The van der Waals surface area contributed by atoms with Crippen LogP contribution in [0, 0.1) is 0 Å². The van der Waals surface area contributed by atoms with E-state index in [0.717, 1.165) is 5.56 Å². The number of aromatic hydroxyl groups is 1. The topological polar surface area (TPSA) is 63.1 Å². The number of hydrogen-bond donors (Lipinski definition) is 2. The van der Waals surface area contributed by atoms with Gasteiger partial charge in [-0.25, -0.2) is 4.79 Å². The summed E-state index contributed by atoms with van der Waals surface area (Å²) in [6.07, 6.45) is 0.603. The Hall–Kier alpha value is -1.55. The zero-order valence-corrected chi connectivity index (χ0v) is 11.1. The van der Waals surface area contributed by atoms with Gasteiger partial charge >= 0.3 is 5.97 Å². The van der Waals surface area contributed by atoms with Crippen molar-refractivity contribution in [1.29, 1.82) is 0 Å². The van der Waals surface area contributed by atoms with Crippen molar-refractivity contribution in [2.75, 3.05) is 6.61 Å². The van der Waals surface area contributed by atoms with Crippen molar-refractivity contribution in [1.82, 2.24) is 0 Å². The maximum absolute atomic E-state index is 11.9. The Morgan fingerprint density at radius 2 is 2.28 bits per heavy atom. The molecule has 4 nitrogen and oxygen atoms in total. The van der Waals surface area contributed by atoms with Gasteiger partial charge in [0, 0.05) is 12.0 Å². The summed E-state index contributed by atoms with van der Waals surface area (Å²) in [7, 11) is 0. The lowest BCUT2D eigenvalue weighted by Gasteiger charge is -2.34. The number of esters is 1. The molecule has 0 saturated heterocycles. The molecule has 0 bridgehead atoms. The van der Waals surface area contributed by atoms with Gasteiger partial charge in [-0.2, -0.15) is 0 Å². The molecule has 0 amide bonds. The largest absolute Gasteiger partial charge is 0.508 e. The molecule has 0 aliphatic carbocycles. The fraction of sp³-hybridized carbons (Fsp3) is 0.500. The zero-order chi connectivity index (χ0) is 13.3. The summed E-state index contributed by atoms with van der Waals surface area (Å²) in [4.78, 5) is 11.9. The van der Waals surface area contributed by atoms with Gasteiger partial charge in [-0.15, -0.1) is 0 Å². The first-order valence-corrected chi connectivity index (χ1v) is 6.29. The van der Waals surface area contributed by atoms with Crippen LogP contribution >= 0.6 is 0 Å². The van der Waals surface area contributed by atoms with E-state index >= 15 is 0 Å². The molecule has 1 aromatic carbocycles. The summed E-state index contributed by atoms with van der Waals surface area (Å²) < 4.78 is 5.09. The van der Waals surface area contributed by atoms with Gasteiger partial charge < -0.3 is 15.2 Å². The summed E-state index contributed by atoms with van der Waals surface area (Å²) in [6.45, 7) is 6.37. The summed E-state index contributed by atoms with van der Waals surface area (Å²) in [5.41, 5.74) is 2.01. The Balaban J connectivity index is 2.33. The quantitative estimate of drug-likeness (QED) is 0.759. The van der Waals surface area contributed by atoms with E-state index in [-0.39, 0.29) is 23.3 Å². The van der Waals surface area contributed by atoms with Gasteiger partial charge in [-0.3, -0.25) is 0 Å². The molecule has 0 aromatic heterocycles. The first kappa shape index (κ1) is 12.9. The third-order valence-corrected chi connectivity index (χ3v) is 3.43. The van der Waals surface area contributed by atoms with E-state index in [9.17, 15) is 9.90 Å². The molecular weight excluding hydrogens is 230 g/mol. The summed E-state index contributed by atoms with van der Waals surface area (Å²) in [5.74, 6) is 0.0635. The lowest BCUT2D eigenvalue weighted by Crippen LogP contribution is -3.01. The van der Waals surface area contributed by atoms with Crippen LogP contribution in [0.3, 0.4) is 0 Å². The Morgan fingerprint density at radius 3 is 2.94 bits per heavy atom. The maximum atomic E-state index is 11.9. The first-order valence-electron chi connectivity index (χ1n) is 6.29. The number of phenolic OH excluding ortho intramolecular Hbond substituents is 1. The molecule has 18 heavy (non-hydrogen) atoms. The molecule has 1 aliphatic rings. The molecule has 1 aromatic rings. The second kappa shape index (κ2) is 4.61. The number of rotatable bonds is 2. The van der Waals surface area contributed by atoms with E-state index < -0.39 is 0 Å². The first-order chi connectivity index (χ1) is 8.44. The number of nitrogens with two attached hydrogens (primary N) is 1. The fourth-order valence-electron chi connectivity index (χ4n) is 2.67. The highest BCUT2D eigenvalue weighted by molar-refractivity contribution is 5.75. The van der Waals surface area contributed by atoms with E-state index in [1.165, 1.54) is 5.56 Å². The zero-order valence-electron chi connectivity index (χ0n) is 11.1. The van der Waals surface area contributed by atoms with Gasteiger partial charge in [0.1, 0.15) is 11.3 Å².